The molecule has 0 spiro atoms. The second-order valence-corrected chi connectivity index (χ2v) is 9.49. The first-order valence-electron chi connectivity index (χ1n) is 6.85. The number of phosphoric acid groups is 3. The SMILES string of the molecule is BC1CC(OC(=O)COC)C(COP(=O)(O)OP(=O)(O)OP(=O)(O)O)O1. The molecular weight excluding hydrogens is 424 g/mol. The quantitative estimate of drug-likeness (QED) is 0.175. The molecular formula is C8H18BO14P3. The van der Waals surface area contributed by atoms with Crippen LogP contribution in [0.3, 0.4) is 0 Å². The number of methoxy groups -OCH3 is 1. The van der Waals surface area contributed by atoms with Crippen LogP contribution in [0.25, 0.3) is 0 Å². The lowest BCUT2D eigenvalue weighted by Gasteiger charge is -2.21. The maximum atomic E-state index is 11.6. The summed E-state index contributed by atoms with van der Waals surface area (Å²) in [5.74, 6) is -0.710. The molecule has 1 fully saturated rings. The summed E-state index contributed by atoms with van der Waals surface area (Å²) in [7, 11) is -13.4. The number of phosphoric ester groups is 1. The Morgan fingerprint density at radius 3 is 2.31 bits per heavy atom. The molecule has 0 saturated carbocycles. The Morgan fingerprint density at radius 2 is 1.77 bits per heavy atom. The third-order valence-electron chi connectivity index (χ3n) is 2.75. The summed E-state index contributed by atoms with van der Waals surface area (Å²) in [6.07, 6.45) is -1.60. The summed E-state index contributed by atoms with van der Waals surface area (Å²) in [5, 5.41) is 0. The average molecular weight is 442 g/mol. The van der Waals surface area contributed by atoms with Gasteiger partial charge in [-0.25, -0.2) is 18.5 Å². The molecule has 14 nitrogen and oxygen atoms in total. The van der Waals surface area contributed by atoms with Crippen molar-refractivity contribution in [3.05, 3.63) is 0 Å². The zero-order valence-corrected chi connectivity index (χ0v) is 16.2. The molecule has 4 N–H and O–H groups in total. The molecule has 0 amide bonds. The third-order valence-corrected chi connectivity index (χ3v) is 6.55. The molecule has 0 aromatic carbocycles. The Bertz CT molecular complexity index is 634. The van der Waals surface area contributed by atoms with E-state index in [4.69, 9.17) is 24.2 Å². The van der Waals surface area contributed by atoms with E-state index >= 15 is 0 Å². The van der Waals surface area contributed by atoms with Gasteiger partial charge in [-0.1, -0.05) is 0 Å². The Hall–Kier alpha value is -0.135. The highest BCUT2D eigenvalue weighted by Gasteiger charge is 2.43. The van der Waals surface area contributed by atoms with Crippen molar-refractivity contribution in [2.75, 3.05) is 20.3 Å². The number of esters is 1. The van der Waals surface area contributed by atoms with Gasteiger partial charge in [-0.3, -0.25) is 4.52 Å². The second-order valence-electron chi connectivity index (χ2n) is 5.07. The zero-order valence-electron chi connectivity index (χ0n) is 13.6. The van der Waals surface area contributed by atoms with Crippen molar-refractivity contribution in [2.24, 2.45) is 0 Å². The lowest BCUT2D eigenvalue weighted by Crippen LogP contribution is -2.32. The maximum Gasteiger partial charge on any atom is 0.490 e. The fraction of sp³-hybridized carbons (Fsp3) is 0.875. The predicted molar refractivity (Wildman–Crippen MR) is 83.4 cm³/mol. The Morgan fingerprint density at radius 1 is 1.15 bits per heavy atom. The average Bonchev–Trinajstić information content (AvgIpc) is 2.72. The minimum Gasteiger partial charge on any atom is -0.458 e. The van der Waals surface area contributed by atoms with Crippen molar-refractivity contribution >= 4 is 37.3 Å². The summed E-state index contributed by atoms with van der Waals surface area (Å²) < 4.78 is 60.0. The monoisotopic (exact) mass is 442 g/mol. The summed E-state index contributed by atoms with van der Waals surface area (Å²) in [5.41, 5.74) is 0. The van der Waals surface area contributed by atoms with E-state index in [9.17, 15) is 23.4 Å². The summed E-state index contributed by atoms with van der Waals surface area (Å²) in [4.78, 5) is 46.7. The lowest BCUT2D eigenvalue weighted by atomic mass is 9.96. The van der Waals surface area contributed by atoms with Gasteiger partial charge in [0.25, 0.3) is 0 Å². The van der Waals surface area contributed by atoms with Crippen LogP contribution in [0.4, 0.5) is 0 Å². The lowest BCUT2D eigenvalue weighted by molar-refractivity contribution is -0.156. The van der Waals surface area contributed by atoms with Crippen LogP contribution < -0.4 is 0 Å². The van der Waals surface area contributed by atoms with Crippen LogP contribution in [0.1, 0.15) is 6.42 Å². The smallest absolute Gasteiger partial charge is 0.458 e. The standard InChI is InChI=1S/C8H18BO14P3/c1-18-4-8(10)21-5-2-7(9)20-6(5)3-19-25(14,15)23-26(16,17)22-24(11,12)13/h5-7H,2-4,9H2,1H3,(H,14,15)(H,16,17)(H2,11,12,13). The number of carbonyl (C=O) groups excluding carboxylic acids is 1. The van der Waals surface area contributed by atoms with Crippen LogP contribution in [-0.2, 0) is 45.8 Å². The predicted octanol–water partition coefficient (Wildman–Crippen LogP) is -1.36. The molecule has 26 heavy (non-hydrogen) atoms. The number of hydrogen-bond acceptors (Lipinski definition) is 10. The van der Waals surface area contributed by atoms with Crippen molar-refractivity contribution in [1.29, 1.82) is 0 Å². The fourth-order valence-electron chi connectivity index (χ4n) is 1.98. The number of carbonyl (C=O) groups is 1. The summed E-state index contributed by atoms with van der Waals surface area (Å²) in [6.45, 7) is -1.02. The molecule has 18 heteroatoms. The molecule has 0 aliphatic carbocycles. The van der Waals surface area contributed by atoms with Crippen LogP contribution in [0.5, 0.6) is 0 Å². The Labute approximate surface area is 148 Å². The van der Waals surface area contributed by atoms with Gasteiger partial charge in [0.15, 0.2) is 0 Å². The van der Waals surface area contributed by atoms with E-state index in [0.29, 0.717) is 0 Å². The first kappa shape index (κ1) is 23.9. The molecule has 1 aliphatic heterocycles. The number of rotatable bonds is 10. The molecule has 152 valence electrons. The molecule has 0 radical (unpaired) electrons. The molecule has 0 aromatic heterocycles. The van der Waals surface area contributed by atoms with E-state index in [0.717, 1.165) is 0 Å². The molecule has 1 heterocycles. The molecule has 0 bridgehead atoms. The first-order chi connectivity index (χ1) is 11.7. The van der Waals surface area contributed by atoms with E-state index < -0.39 is 48.3 Å². The molecule has 0 aromatic rings. The van der Waals surface area contributed by atoms with Crippen molar-refractivity contribution in [1.82, 2.24) is 0 Å². The van der Waals surface area contributed by atoms with E-state index in [1.54, 1.807) is 7.85 Å². The first-order valence-corrected chi connectivity index (χ1v) is 11.4. The van der Waals surface area contributed by atoms with E-state index in [1.807, 2.05) is 0 Å². The normalized spacial score (nSPS) is 28.3. The second kappa shape index (κ2) is 9.38. The molecule has 5 unspecified atom stereocenters. The summed E-state index contributed by atoms with van der Waals surface area (Å²) in [6, 6.07) is -0.384. The van der Waals surface area contributed by atoms with Crippen LogP contribution in [0.15, 0.2) is 0 Å². The van der Waals surface area contributed by atoms with Gasteiger partial charge in [-0.2, -0.15) is 8.62 Å². The van der Waals surface area contributed by atoms with Gasteiger partial charge in [0.1, 0.15) is 26.7 Å². The third kappa shape index (κ3) is 9.18. The van der Waals surface area contributed by atoms with Crippen LogP contribution in [0, 0.1) is 0 Å². The maximum absolute atomic E-state index is 11.6. The largest absolute Gasteiger partial charge is 0.490 e. The summed E-state index contributed by atoms with van der Waals surface area (Å²) >= 11 is 0. The molecule has 5 atom stereocenters. The molecule has 1 rings (SSSR count). The van der Waals surface area contributed by atoms with Gasteiger partial charge >= 0.3 is 29.4 Å². The zero-order chi connectivity index (χ0) is 20.2. The Kier molecular flexibility index (Phi) is 8.62. The van der Waals surface area contributed by atoms with Crippen molar-refractivity contribution < 1.29 is 65.4 Å². The van der Waals surface area contributed by atoms with Crippen molar-refractivity contribution in [3.8, 4) is 0 Å². The van der Waals surface area contributed by atoms with Crippen LogP contribution in [-0.4, -0.2) is 71.9 Å². The van der Waals surface area contributed by atoms with Gasteiger partial charge in [0, 0.05) is 19.5 Å². The van der Waals surface area contributed by atoms with Gasteiger partial charge in [0.2, 0.25) is 0 Å². The van der Waals surface area contributed by atoms with Crippen LogP contribution >= 0.6 is 23.5 Å². The number of hydrogen-bond donors (Lipinski definition) is 4. The minimum absolute atomic E-state index is 0.250. The fourth-order valence-corrected chi connectivity index (χ4v) is 5.01. The van der Waals surface area contributed by atoms with Crippen molar-refractivity contribution in [3.63, 3.8) is 0 Å². The van der Waals surface area contributed by atoms with E-state index in [2.05, 4.69) is 17.9 Å². The van der Waals surface area contributed by atoms with Crippen molar-refractivity contribution in [2.45, 2.75) is 24.6 Å². The molecule has 1 aliphatic rings. The minimum atomic E-state index is -5.60. The van der Waals surface area contributed by atoms with Gasteiger partial charge in [0.05, 0.1) is 6.61 Å². The highest BCUT2D eigenvalue weighted by Crippen LogP contribution is 2.66. The highest BCUT2D eigenvalue weighted by atomic mass is 31.3. The van der Waals surface area contributed by atoms with E-state index in [1.165, 1.54) is 7.11 Å². The van der Waals surface area contributed by atoms with Gasteiger partial charge in [-0.15, -0.1) is 0 Å². The van der Waals surface area contributed by atoms with E-state index in [-0.39, 0.29) is 19.0 Å². The topological polar surface area (TPSA) is 205 Å². The Balaban J connectivity index is 2.64. The number of ether oxygens (including phenoxy) is 3. The highest BCUT2D eigenvalue weighted by molar-refractivity contribution is 7.66. The van der Waals surface area contributed by atoms with Crippen LogP contribution in [0.2, 0.25) is 0 Å². The molecule has 1 saturated heterocycles. The van der Waals surface area contributed by atoms with Gasteiger partial charge < -0.3 is 33.8 Å². The van der Waals surface area contributed by atoms with Gasteiger partial charge in [-0.05, 0) is 0 Å².